The highest BCUT2D eigenvalue weighted by Gasteiger charge is 2.19. The standard InChI is InChI=1S/C14H16BrN3/c1-18-14(12(15)9-16-18)8-11-7-6-10-4-2-3-5-13(10)17-11/h2-5,9,11,17H,6-8H2,1H3. The molecule has 0 fully saturated rings. The zero-order valence-electron chi connectivity index (χ0n) is 10.4. The summed E-state index contributed by atoms with van der Waals surface area (Å²) in [6, 6.07) is 9.07. The summed E-state index contributed by atoms with van der Waals surface area (Å²) in [6.45, 7) is 0. The number of hydrogen-bond acceptors (Lipinski definition) is 2. The Balaban J connectivity index is 1.77. The normalized spacial score (nSPS) is 18.2. The molecule has 1 N–H and O–H groups in total. The van der Waals surface area contributed by atoms with Crippen LogP contribution in [0.1, 0.15) is 17.7 Å². The number of benzene rings is 1. The maximum Gasteiger partial charge on any atom is 0.0635 e. The van der Waals surface area contributed by atoms with Gasteiger partial charge in [0.1, 0.15) is 0 Å². The van der Waals surface area contributed by atoms with E-state index in [1.807, 2.05) is 17.9 Å². The molecule has 0 amide bonds. The third kappa shape index (κ3) is 2.17. The van der Waals surface area contributed by atoms with E-state index in [9.17, 15) is 0 Å². The highest BCUT2D eigenvalue weighted by molar-refractivity contribution is 9.10. The third-order valence-electron chi connectivity index (χ3n) is 3.59. The average molecular weight is 306 g/mol. The lowest BCUT2D eigenvalue weighted by Gasteiger charge is -2.27. The molecule has 18 heavy (non-hydrogen) atoms. The Morgan fingerprint density at radius 3 is 3.06 bits per heavy atom. The average Bonchev–Trinajstić information content (AvgIpc) is 2.70. The summed E-state index contributed by atoms with van der Waals surface area (Å²) in [7, 11) is 2.00. The van der Waals surface area contributed by atoms with Crippen molar-refractivity contribution in [2.45, 2.75) is 25.3 Å². The van der Waals surface area contributed by atoms with Crippen LogP contribution >= 0.6 is 15.9 Å². The fourth-order valence-corrected chi connectivity index (χ4v) is 3.06. The minimum Gasteiger partial charge on any atom is -0.382 e. The van der Waals surface area contributed by atoms with Crippen LogP contribution < -0.4 is 5.32 Å². The first kappa shape index (κ1) is 11.8. The molecule has 2 aromatic rings. The lowest BCUT2D eigenvalue weighted by Crippen LogP contribution is -2.28. The molecule has 2 heterocycles. The number of rotatable bonds is 2. The lowest BCUT2D eigenvalue weighted by molar-refractivity contribution is 0.592. The molecular weight excluding hydrogens is 290 g/mol. The molecule has 0 saturated heterocycles. The highest BCUT2D eigenvalue weighted by atomic mass is 79.9. The number of hydrogen-bond donors (Lipinski definition) is 1. The Hall–Kier alpha value is -1.29. The number of anilines is 1. The van der Waals surface area contributed by atoms with Gasteiger partial charge in [-0.15, -0.1) is 0 Å². The van der Waals surface area contributed by atoms with E-state index >= 15 is 0 Å². The molecule has 1 aliphatic heterocycles. The van der Waals surface area contributed by atoms with Gasteiger partial charge in [-0.2, -0.15) is 5.10 Å². The molecule has 1 aliphatic rings. The second-order valence-corrected chi connectivity index (χ2v) is 5.66. The molecule has 0 aliphatic carbocycles. The minimum absolute atomic E-state index is 0.492. The van der Waals surface area contributed by atoms with Gasteiger partial charge in [-0.1, -0.05) is 18.2 Å². The van der Waals surface area contributed by atoms with Gasteiger partial charge in [0.2, 0.25) is 0 Å². The van der Waals surface area contributed by atoms with E-state index in [0.29, 0.717) is 6.04 Å². The van der Waals surface area contributed by atoms with Crippen molar-refractivity contribution in [1.82, 2.24) is 9.78 Å². The van der Waals surface area contributed by atoms with Crippen LogP contribution in [0.4, 0.5) is 5.69 Å². The molecular formula is C14H16BrN3. The molecule has 0 saturated carbocycles. The smallest absolute Gasteiger partial charge is 0.0635 e. The van der Waals surface area contributed by atoms with Gasteiger partial charge in [0, 0.05) is 25.2 Å². The van der Waals surface area contributed by atoms with Crippen LogP contribution in [0, 0.1) is 0 Å². The van der Waals surface area contributed by atoms with Gasteiger partial charge in [0.15, 0.2) is 0 Å². The molecule has 0 radical (unpaired) electrons. The van der Waals surface area contributed by atoms with Gasteiger partial charge in [0.05, 0.1) is 16.4 Å². The predicted octanol–water partition coefficient (Wildman–Crippen LogP) is 3.15. The van der Waals surface area contributed by atoms with Crippen molar-refractivity contribution in [2.75, 3.05) is 5.32 Å². The SMILES string of the molecule is Cn1ncc(Br)c1CC1CCc2ccccc2N1. The van der Waals surface area contributed by atoms with E-state index in [4.69, 9.17) is 0 Å². The second kappa shape index (κ2) is 4.76. The largest absolute Gasteiger partial charge is 0.382 e. The summed E-state index contributed by atoms with van der Waals surface area (Å²) >= 11 is 3.56. The Bertz CT molecular complexity index is 542. The van der Waals surface area contributed by atoms with Crippen LogP contribution in [0.25, 0.3) is 0 Å². The fraction of sp³-hybridized carbons (Fsp3) is 0.357. The van der Waals surface area contributed by atoms with Gasteiger partial charge >= 0.3 is 0 Å². The zero-order valence-corrected chi connectivity index (χ0v) is 11.9. The van der Waals surface area contributed by atoms with E-state index < -0.39 is 0 Å². The molecule has 1 atom stereocenters. The van der Waals surface area contributed by atoms with Crippen molar-refractivity contribution in [3.8, 4) is 0 Å². The van der Waals surface area contributed by atoms with E-state index in [1.165, 1.54) is 23.4 Å². The first-order valence-corrected chi connectivity index (χ1v) is 7.04. The number of aryl methyl sites for hydroxylation is 2. The molecule has 1 aromatic heterocycles. The summed E-state index contributed by atoms with van der Waals surface area (Å²) in [4.78, 5) is 0. The molecule has 94 valence electrons. The molecule has 0 spiro atoms. The summed E-state index contributed by atoms with van der Waals surface area (Å²) in [5.74, 6) is 0. The quantitative estimate of drug-likeness (QED) is 0.923. The van der Waals surface area contributed by atoms with Crippen LogP contribution in [-0.2, 0) is 19.9 Å². The minimum atomic E-state index is 0.492. The molecule has 3 rings (SSSR count). The summed E-state index contributed by atoms with van der Waals surface area (Å²) in [5.41, 5.74) is 3.97. The van der Waals surface area contributed by atoms with Crippen LogP contribution in [0.15, 0.2) is 34.9 Å². The Kier molecular flexibility index (Phi) is 3.12. The molecule has 3 nitrogen and oxygen atoms in total. The maximum atomic E-state index is 4.27. The van der Waals surface area contributed by atoms with E-state index in [0.717, 1.165) is 17.3 Å². The van der Waals surface area contributed by atoms with Crippen molar-refractivity contribution >= 4 is 21.6 Å². The number of fused-ring (bicyclic) bond motifs is 1. The van der Waals surface area contributed by atoms with Gasteiger partial charge in [0.25, 0.3) is 0 Å². The van der Waals surface area contributed by atoms with Crippen LogP contribution in [0.3, 0.4) is 0 Å². The molecule has 0 bridgehead atoms. The predicted molar refractivity (Wildman–Crippen MR) is 76.8 cm³/mol. The Labute approximate surface area is 115 Å². The number of nitrogens with zero attached hydrogens (tertiary/aromatic N) is 2. The van der Waals surface area contributed by atoms with E-state index in [-0.39, 0.29) is 0 Å². The van der Waals surface area contributed by atoms with Crippen molar-refractivity contribution in [3.63, 3.8) is 0 Å². The van der Waals surface area contributed by atoms with Gasteiger partial charge < -0.3 is 5.32 Å². The van der Waals surface area contributed by atoms with E-state index in [2.05, 4.69) is 50.6 Å². The van der Waals surface area contributed by atoms with Crippen molar-refractivity contribution in [2.24, 2.45) is 7.05 Å². The number of para-hydroxylation sites is 1. The van der Waals surface area contributed by atoms with Gasteiger partial charge in [-0.25, -0.2) is 0 Å². The second-order valence-electron chi connectivity index (χ2n) is 4.80. The molecule has 4 heteroatoms. The van der Waals surface area contributed by atoms with Crippen LogP contribution in [-0.4, -0.2) is 15.8 Å². The topological polar surface area (TPSA) is 29.9 Å². The van der Waals surface area contributed by atoms with Crippen LogP contribution in [0.2, 0.25) is 0 Å². The Morgan fingerprint density at radius 1 is 1.44 bits per heavy atom. The number of halogens is 1. The lowest BCUT2D eigenvalue weighted by atomic mass is 9.95. The first-order chi connectivity index (χ1) is 8.74. The van der Waals surface area contributed by atoms with Crippen molar-refractivity contribution < 1.29 is 0 Å². The van der Waals surface area contributed by atoms with Crippen molar-refractivity contribution in [1.29, 1.82) is 0 Å². The first-order valence-electron chi connectivity index (χ1n) is 6.25. The van der Waals surface area contributed by atoms with Gasteiger partial charge in [-0.05, 0) is 40.4 Å². The van der Waals surface area contributed by atoms with Crippen LogP contribution in [0.5, 0.6) is 0 Å². The third-order valence-corrected chi connectivity index (χ3v) is 4.25. The number of aromatic nitrogens is 2. The van der Waals surface area contributed by atoms with Crippen molar-refractivity contribution in [3.05, 3.63) is 46.2 Å². The molecule has 1 aromatic carbocycles. The summed E-state index contributed by atoms with van der Waals surface area (Å²) < 4.78 is 3.05. The van der Waals surface area contributed by atoms with Gasteiger partial charge in [-0.3, -0.25) is 4.68 Å². The Morgan fingerprint density at radius 2 is 2.28 bits per heavy atom. The fourth-order valence-electron chi connectivity index (χ4n) is 2.55. The molecule has 1 unspecified atom stereocenters. The summed E-state index contributed by atoms with van der Waals surface area (Å²) in [5, 5.41) is 7.90. The number of nitrogens with one attached hydrogen (secondary N) is 1. The maximum absolute atomic E-state index is 4.27. The zero-order chi connectivity index (χ0) is 12.5. The monoisotopic (exact) mass is 305 g/mol. The summed E-state index contributed by atoms with van der Waals surface area (Å²) in [6.07, 6.45) is 5.20. The van der Waals surface area contributed by atoms with E-state index in [1.54, 1.807) is 0 Å². The highest BCUT2D eigenvalue weighted by Crippen LogP contribution is 2.27.